The fraction of sp³-hybridized carbons (Fsp3) is 0.800. The van der Waals surface area contributed by atoms with Crippen LogP contribution in [-0.4, -0.2) is 12.6 Å². The summed E-state index contributed by atoms with van der Waals surface area (Å²) in [6, 6.07) is 0. The lowest BCUT2D eigenvalue weighted by Gasteiger charge is -2.53. The van der Waals surface area contributed by atoms with Crippen molar-refractivity contribution in [2.45, 2.75) is 51.0 Å². The first-order chi connectivity index (χ1) is 8.64. The summed E-state index contributed by atoms with van der Waals surface area (Å²) in [4.78, 5) is 1.12. The topological polar surface area (TPSA) is 16.1 Å². The van der Waals surface area contributed by atoms with Crippen LogP contribution < -0.4 is 33.4 Å². The fourth-order valence-electron chi connectivity index (χ4n) is 5.14. The third-order valence-electron chi connectivity index (χ3n) is 5.57. The Morgan fingerprint density at radius 2 is 1.68 bits per heavy atom. The maximum Gasteiger partial charge on any atom is 0.430 e. The van der Waals surface area contributed by atoms with Crippen molar-refractivity contribution in [1.82, 2.24) is 4.58 Å². The fourth-order valence-corrected chi connectivity index (χ4v) is 5.98. The Hall–Kier alpha value is 0.160. The van der Waals surface area contributed by atoms with Gasteiger partial charge < -0.3 is 28.4 Å². The number of hydrogen-bond acceptors (Lipinski definition) is 2. The average molecular weight is 391 g/mol. The molecule has 1 aromatic rings. The van der Waals surface area contributed by atoms with E-state index in [9.17, 15) is 0 Å². The largest absolute Gasteiger partial charge is 1.00 e. The third kappa shape index (κ3) is 2.23. The molecular weight excluding hydrogens is 369 g/mol. The van der Waals surface area contributed by atoms with Gasteiger partial charge in [0, 0.05) is 24.6 Å². The maximum absolute atomic E-state index is 5.88. The van der Waals surface area contributed by atoms with Gasteiger partial charge in [-0.3, -0.25) is 0 Å². The van der Waals surface area contributed by atoms with Gasteiger partial charge >= 0.3 is 4.87 Å². The van der Waals surface area contributed by atoms with Crippen LogP contribution in [0.3, 0.4) is 0 Å². The van der Waals surface area contributed by atoms with Crippen molar-refractivity contribution in [2.24, 2.45) is 17.8 Å². The van der Waals surface area contributed by atoms with Crippen LogP contribution in [-0.2, 0) is 0 Å². The molecule has 4 saturated carbocycles. The maximum atomic E-state index is 5.88. The zero-order valence-electron chi connectivity index (χ0n) is 11.7. The van der Waals surface area contributed by atoms with Crippen LogP contribution in [0.25, 0.3) is 0 Å². The van der Waals surface area contributed by atoms with Gasteiger partial charge in [0.2, 0.25) is 0 Å². The van der Waals surface area contributed by atoms with Crippen molar-refractivity contribution >= 4 is 11.3 Å². The van der Waals surface area contributed by atoms with Gasteiger partial charge in [0.05, 0.1) is 0 Å². The highest BCUT2D eigenvalue weighted by atomic mass is 127. The monoisotopic (exact) mass is 391 g/mol. The highest BCUT2D eigenvalue weighted by Crippen LogP contribution is 2.56. The molecule has 4 heteroatoms. The SMILES string of the molecule is Cc1csc(=[N+](C)C23CC4CC(CC(C4)C2)C3)o1.[I-]. The molecule has 1 aromatic heterocycles. The summed E-state index contributed by atoms with van der Waals surface area (Å²) in [5.41, 5.74) is 0.426. The van der Waals surface area contributed by atoms with E-state index >= 15 is 0 Å². The molecule has 0 N–H and O–H groups in total. The van der Waals surface area contributed by atoms with Gasteiger partial charge in [0.25, 0.3) is 0 Å². The molecule has 0 amide bonds. The van der Waals surface area contributed by atoms with Gasteiger partial charge in [0.15, 0.2) is 5.54 Å². The number of nitrogens with zero attached hydrogens (tertiary/aromatic N) is 1. The highest BCUT2D eigenvalue weighted by Gasteiger charge is 2.56. The molecule has 0 aliphatic heterocycles. The Kier molecular flexibility index (Phi) is 3.61. The van der Waals surface area contributed by atoms with Crippen LogP contribution in [0.4, 0.5) is 0 Å². The molecule has 0 aromatic carbocycles. The second kappa shape index (κ2) is 4.86. The first-order valence-electron chi connectivity index (χ1n) is 7.27. The predicted octanol–water partition coefficient (Wildman–Crippen LogP) is 0.0243. The normalized spacial score (nSPS) is 41.1. The van der Waals surface area contributed by atoms with Gasteiger partial charge in [-0.1, -0.05) is 0 Å². The van der Waals surface area contributed by atoms with E-state index in [0.29, 0.717) is 5.54 Å². The van der Waals surface area contributed by atoms with Crippen LogP contribution in [0.2, 0.25) is 0 Å². The molecule has 19 heavy (non-hydrogen) atoms. The van der Waals surface area contributed by atoms with Gasteiger partial charge in [-0.05, 0) is 55.3 Å². The molecule has 4 aliphatic rings. The van der Waals surface area contributed by atoms with Gasteiger partial charge in [-0.15, -0.1) is 0 Å². The number of halogens is 1. The Morgan fingerprint density at radius 1 is 1.16 bits per heavy atom. The smallest absolute Gasteiger partial charge is 0.430 e. The molecule has 2 nitrogen and oxygen atoms in total. The first kappa shape index (κ1) is 14.1. The molecule has 0 spiro atoms. The molecule has 4 fully saturated rings. The quantitative estimate of drug-likeness (QED) is 0.487. The van der Waals surface area contributed by atoms with Crippen LogP contribution in [0.15, 0.2) is 9.80 Å². The van der Waals surface area contributed by atoms with E-state index in [1.165, 1.54) is 38.5 Å². The summed E-state index contributed by atoms with van der Waals surface area (Å²) in [6.07, 6.45) is 8.74. The van der Waals surface area contributed by atoms with Crippen LogP contribution in [0.5, 0.6) is 0 Å². The second-order valence-corrected chi connectivity index (χ2v) is 7.74. The van der Waals surface area contributed by atoms with Crippen LogP contribution >= 0.6 is 11.3 Å². The molecule has 0 radical (unpaired) electrons. The molecule has 0 unspecified atom stereocenters. The molecule has 0 saturated heterocycles. The van der Waals surface area contributed by atoms with Crippen molar-refractivity contribution in [3.8, 4) is 0 Å². The van der Waals surface area contributed by atoms with E-state index in [1.807, 2.05) is 6.92 Å². The number of hydrogen-bond donors (Lipinski definition) is 0. The summed E-state index contributed by atoms with van der Waals surface area (Å²) >= 11 is 1.77. The lowest BCUT2D eigenvalue weighted by Crippen LogP contribution is -3.00. The zero-order chi connectivity index (χ0) is 12.3. The molecular formula is C15H22INOS. The van der Waals surface area contributed by atoms with E-state index in [0.717, 1.165) is 28.4 Å². The summed E-state index contributed by atoms with van der Waals surface area (Å²) in [5.74, 6) is 4.05. The lowest BCUT2D eigenvalue weighted by molar-refractivity contribution is -0.0297. The molecule has 4 bridgehead atoms. The van der Waals surface area contributed by atoms with Gasteiger partial charge in [-0.2, -0.15) is 4.58 Å². The third-order valence-corrected chi connectivity index (χ3v) is 6.57. The Balaban J connectivity index is 0.00000110. The lowest BCUT2D eigenvalue weighted by atomic mass is 9.53. The van der Waals surface area contributed by atoms with Crippen molar-refractivity contribution in [2.75, 3.05) is 7.05 Å². The Morgan fingerprint density at radius 3 is 2.11 bits per heavy atom. The van der Waals surface area contributed by atoms with E-state index in [1.54, 1.807) is 11.3 Å². The zero-order valence-corrected chi connectivity index (χ0v) is 14.7. The van der Waals surface area contributed by atoms with E-state index in [4.69, 9.17) is 4.42 Å². The number of rotatable bonds is 1. The van der Waals surface area contributed by atoms with Crippen molar-refractivity contribution in [1.29, 1.82) is 0 Å². The molecule has 106 valence electrons. The predicted molar refractivity (Wildman–Crippen MR) is 73.4 cm³/mol. The van der Waals surface area contributed by atoms with Crippen molar-refractivity contribution < 1.29 is 28.4 Å². The molecule has 5 rings (SSSR count). The minimum atomic E-state index is 0. The highest BCUT2D eigenvalue weighted by molar-refractivity contribution is 7.06. The van der Waals surface area contributed by atoms with Crippen molar-refractivity contribution in [3.63, 3.8) is 0 Å². The van der Waals surface area contributed by atoms with Crippen molar-refractivity contribution in [3.05, 3.63) is 16.0 Å². The summed E-state index contributed by atoms with van der Waals surface area (Å²) < 4.78 is 8.37. The number of aryl methyl sites for hydroxylation is 1. The Labute approximate surface area is 135 Å². The summed E-state index contributed by atoms with van der Waals surface area (Å²) in [7, 11) is 2.27. The summed E-state index contributed by atoms with van der Waals surface area (Å²) in [6.45, 7) is 2.05. The van der Waals surface area contributed by atoms with Crippen LogP contribution in [0, 0.1) is 24.7 Å². The summed E-state index contributed by atoms with van der Waals surface area (Å²) in [5, 5.41) is 2.13. The Bertz CT molecular complexity index is 509. The van der Waals surface area contributed by atoms with E-state index < -0.39 is 0 Å². The molecule has 4 aliphatic carbocycles. The van der Waals surface area contributed by atoms with Gasteiger partial charge in [-0.25, -0.2) is 0 Å². The van der Waals surface area contributed by atoms with Crippen LogP contribution in [0.1, 0.15) is 44.3 Å². The van der Waals surface area contributed by atoms with E-state index in [-0.39, 0.29) is 24.0 Å². The van der Waals surface area contributed by atoms with E-state index in [2.05, 4.69) is 17.0 Å². The van der Waals surface area contributed by atoms with Gasteiger partial charge in [0.1, 0.15) is 12.8 Å². The molecule has 1 heterocycles. The first-order valence-corrected chi connectivity index (χ1v) is 8.15. The standard InChI is InChI=1S/C15H22NOS.HI/c1-10-9-18-14(17-10)16(2)15-6-11-3-12(7-15)5-13(4-11)8-15;/h9,11-13H,3-8H2,1-2H3;1H/q+1;/p-1. The second-order valence-electron chi connectivity index (χ2n) is 6.92. The molecule has 0 atom stereocenters. The average Bonchev–Trinajstić information content (AvgIpc) is 2.73. The minimum Gasteiger partial charge on any atom is -1.00 e. The minimum absolute atomic E-state index is 0.